The van der Waals surface area contributed by atoms with Crippen LogP contribution in [0.4, 0.5) is 4.39 Å². The number of fused-ring (bicyclic) bond motifs is 1. The first kappa shape index (κ1) is 13.6. The lowest BCUT2D eigenvalue weighted by Crippen LogP contribution is -1.97. The van der Waals surface area contributed by atoms with Gasteiger partial charge in [0.25, 0.3) is 0 Å². The lowest BCUT2D eigenvalue weighted by atomic mass is 10.1. The lowest BCUT2D eigenvalue weighted by Gasteiger charge is -2.08. The van der Waals surface area contributed by atoms with Crippen molar-refractivity contribution in [3.05, 3.63) is 78.6 Å². The predicted octanol–water partition coefficient (Wildman–Crippen LogP) is 4.54. The number of nitrogens with zero attached hydrogens (tertiary/aromatic N) is 3. The van der Waals surface area contributed by atoms with Crippen molar-refractivity contribution in [3.8, 4) is 16.8 Å². The Morgan fingerprint density at radius 2 is 1.78 bits per heavy atom. The van der Waals surface area contributed by atoms with Gasteiger partial charge in [0.2, 0.25) is 0 Å². The van der Waals surface area contributed by atoms with Gasteiger partial charge >= 0.3 is 0 Å². The van der Waals surface area contributed by atoms with Gasteiger partial charge < -0.3 is 0 Å². The van der Waals surface area contributed by atoms with Gasteiger partial charge in [0.05, 0.1) is 11.0 Å². The summed E-state index contributed by atoms with van der Waals surface area (Å²) >= 11 is 0. The van der Waals surface area contributed by atoms with Gasteiger partial charge in [-0.2, -0.15) is 0 Å². The monoisotopic (exact) mass is 303 g/mol. The van der Waals surface area contributed by atoms with Gasteiger partial charge in [0.15, 0.2) is 0 Å². The highest BCUT2D eigenvalue weighted by atomic mass is 19.1. The molecule has 0 saturated heterocycles. The molecular formula is C19H14FN3. The second-order valence-corrected chi connectivity index (χ2v) is 5.42. The van der Waals surface area contributed by atoms with Crippen LogP contribution in [0.1, 0.15) is 5.82 Å². The minimum absolute atomic E-state index is 0.259. The number of imidazole rings is 1. The van der Waals surface area contributed by atoms with Gasteiger partial charge in [0, 0.05) is 24.1 Å². The Morgan fingerprint density at radius 1 is 0.957 bits per heavy atom. The zero-order valence-electron chi connectivity index (χ0n) is 12.6. The standard InChI is InChI=1S/C19H14FN3/c1-13-22-18-9-6-16(20)11-19(18)23(13)17-7-4-14(5-8-17)15-3-2-10-21-12-15/h2-12H,1H3. The molecule has 3 nitrogen and oxygen atoms in total. The van der Waals surface area contributed by atoms with Crippen LogP contribution in [0.5, 0.6) is 0 Å². The van der Waals surface area contributed by atoms with Gasteiger partial charge in [-0.05, 0) is 48.4 Å². The maximum atomic E-state index is 13.6. The van der Waals surface area contributed by atoms with Crippen LogP contribution in [-0.4, -0.2) is 14.5 Å². The Bertz CT molecular complexity index is 973. The molecule has 0 radical (unpaired) electrons. The van der Waals surface area contributed by atoms with Gasteiger partial charge in [-0.3, -0.25) is 9.55 Å². The van der Waals surface area contributed by atoms with Crippen molar-refractivity contribution in [3.63, 3.8) is 0 Å². The zero-order chi connectivity index (χ0) is 15.8. The fraction of sp³-hybridized carbons (Fsp3) is 0.0526. The number of rotatable bonds is 2. The average molecular weight is 303 g/mol. The third kappa shape index (κ3) is 2.38. The number of hydrogen-bond donors (Lipinski definition) is 0. The summed E-state index contributed by atoms with van der Waals surface area (Å²) in [6.07, 6.45) is 3.59. The summed E-state index contributed by atoms with van der Waals surface area (Å²) in [5.74, 6) is 0.574. The molecule has 2 heterocycles. The van der Waals surface area contributed by atoms with Crippen molar-refractivity contribution in [1.29, 1.82) is 0 Å². The number of hydrogen-bond acceptors (Lipinski definition) is 2. The second kappa shape index (κ2) is 5.32. The van der Waals surface area contributed by atoms with Crippen LogP contribution < -0.4 is 0 Å². The van der Waals surface area contributed by atoms with Crippen LogP contribution >= 0.6 is 0 Å². The number of aryl methyl sites for hydroxylation is 1. The third-order valence-electron chi connectivity index (χ3n) is 3.90. The zero-order valence-corrected chi connectivity index (χ0v) is 12.6. The van der Waals surface area contributed by atoms with E-state index < -0.39 is 0 Å². The van der Waals surface area contributed by atoms with Gasteiger partial charge in [-0.15, -0.1) is 0 Å². The topological polar surface area (TPSA) is 30.7 Å². The summed E-state index contributed by atoms with van der Waals surface area (Å²) in [5, 5.41) is 0. The molecule has 2 aromatic heterocycles. The molecule has 4 heteroatoms. The van der Waals surface area contributed by atoms with Crippen LogP contribution in [0, 0.1) is 12.7 Å². The molecule has 23 heavy (non-hydrogen) atoms. The Kier molecular flexibility index (Phi) is 3.15. The van der Waals surface area contributed by atoms with E-state index in [1.807, 2.05) is 54.1 Å². The normalized spacial score (nSPS) is 11.0. The summed E-state index contributed by atoms with van der Waals surface area (Å²) in [4.78, 5) is 8.64. The third-order valence-corrected chi connectivity index (χ3v) is 3.90. The molecule has 2 aromatic carbocycles. The minimum Gasteiger partial charge on any atom is -0.296 e. The first-order valence-corrected chi connectivity index (χ1v) is 7.38. The maximum Gasteiger partial charge on any atom is 0.125 e. The molecule has 0 aliphatic carbocycles. The van der Waals surface area contributed by atoms with Gasteiger partial charge in [-0.1, -0.05) is 18.2 Å². The quantitative estimate of drug-likeness (QED) is 0.544. The molecule has 0 amide bonds. The second-order valence-electron chi connectivity index (χ2n) is 5.42. The van der Waals surface area contributed by atoms with E-state index in [-0.39, 0.29) is 5.82 Å². The van der Waals surface area contributed by atoms with E-state index in [1.165, 1.54) is 12.1 Å². The SMILES string of the molecule is Cc1nc2ccc(F)cc2n1-c1ccc(-c2cccnc2)cc1. The molecule has 112 valence electrons. The predicted molar refractivity (Wildman–Crippen MR) is 89.0 cm³/mol. The van der Waals surface area contributed by atoms with Crippen molar-refractivity contribution >= 4 is 11.0 Å². The molecular weight excluding hydrogens is 289 g/mol. The van der Waals surface area contributed by atoms with Crippen LogP contribution in [0.15, 0.2) is 67.0 Å². The molecule has 0 unspecified atom stereocenters. The van der Waals surface area contributed by atoms with Crippen molar-refractivity contribution < 1.29 is 4.39 Å². The van der Waals surface area contributed by atoms with Crippen LogP contribution in [0.3, 0.4) is 0 Å². The number of pyridine rings is 1. The average Bonchev–Trinajstić information content (AvgIpc) is 2.91. The molecule has 4 rings (SSSR count). The molecule has 0 aliphatic rings. The van der Waals surface area contributed by atoms with E-state index in [0.29, 0.717) is 0 Å². The van der Waals surface area contributed by atoms with E-state index >= 15 is 0 Å². The molecule has 0 fully saturated rings. The largest absolute Gasteiger partial charge is 0.296 e. The molecule has 0 atom stereocenters. The molecule has 0 bridgehead atoms. The van der Waals surface area contributed by atoms with E-state index in [2.05, 4.69) is 9.97 Å². The molecule has 0 N–H and O–H groups in total. The summed E-state index contributed by atoms with van der Waals surface area (Å²) in [6, 6.07) is 16.7. The fourth-order valence-electron chi connectivity index (χ4n) is 2.83. The number of aromatic nitrogens is 3. The van der Waals surface area contributed by atoms with Crippen LogP contribution in [0.25, 0.3) is 27.8 Å². The highest BCUT2D eigenvalue weighted by Crippen LogP contribution is 2.25. The molecule has 0 saturated carbocycles. The van der Waals surface area contributed by atoms with Crippen molar-refractivity contribution in [2.24, 2.45) is 0 Å². The van der Waals surface area contributed by atoms with Gasteiger partial charge in [-0.25, -0.2) is 9.37 Å². The van der Waals surface area contributed by atoms with Crippen LogP contribution in [0.2, 0.25) is 0 Å². The summed E-state index contributed by atoms with van der Waals surface area (Å²) in [6.45, 7) is 1.92. The van der Waals surface area contributed by atoms with Crippen molar-refractivity contribution in [1.82, 2.24) is 14.5 Å². The molecule has 0 aliphatic heterocycles. The first-order chi connectivity index (χ1) is 11.2. The summed E-state index contributed by atoms with van der Waals surface area (Å²) in [7, 11) is 0. The maximum absolute atomic E-state index is 13.6. The Labute approximate surface area is 133 Å². The van der Waals surface area contributed by atoms with E-state index in [1.54, 1.807) is 12.3 Å². The molecule has 0 spiro atoms. The fourth-order valence-corrected chi connectivity index (χ4v) is 2.83. The molecule has 4 aromatic rings. The Morgan fingerprint density at radius 3 is 2.52 bits per heavy atom. The van der Waals surface area contributed by atoms with E-state index in [0.717, 1.165) is 33.7 Å². The van der Waals surface area contributed by atoms with Crippen LogP contribution in [-0.2, 0) is 0 Å². The number of benzene rings is 2. The van der Waals surface area contributed by atoms with Crippen molar-refractivity contribution in [2.75, 3.05) is 0 Å². The van der Waals surface area contributed by atoms with E-state index in [4.69, 9.17) is 0 Å². The van der Waals surface area contributed by atoms with Gasteiger partial charge in [0.1, 0.15) is 11.6 Å². The highest BCUT2D eigenvalue weighted by molar-refractivity contribution is 5.78. The minimum atomic E-state index is -0.259. The Balaban J connectivity index is 1.83. The number of halogens is 1. The van der Waals surface area contributed by atoms with E-state index in [9.17, 15) is 4.39 Å². The first-order valence-electron chi connectivity index (χ1n) is 7.38. The van der Waals surface area contributed by atoms with Crippen molar-refractivity contribution in [2.45, 2.75) is 6.92 Å². The highest BCUT2D eigenvalue weighted by Gasteiger charge is 2.10. The summed E-state index contributed by atoms with van der Waals surface area (Å²) in [5.41, 5.74) is 4.69. The lowest BCUT2D eigenvalue weighted by molar-refractivity contribution is 0.629. The smallest absolute Gasteiger partial charge is 0.125 e. The summed E-state index contributed by atoms with van der Waals surface area (Å²) < 4.78 is 15.5. The Hall–Kier alpha value is -3.01.